The Hall–Kier alpha value is -4.18. The molecule has 2 aromatic carbocycles. The van der Waals surface area contributed by atoms with Crippen LogP contribution in [0.1, 0.15) is 50.5 Å². The lowest BCUT2D eigenvalue weighted by atomic mass is 10.1. The fourth-order valence-corrected chi connectivity index (χ4v) is 5.00. The lowest BCUT2D eigenvalue weighted by Crippen LogP contribution is -2.32. The third-order valence-corrected chi connectivity index (χ3v) is 6.98. The maximum atomic E-state index is 14.3. The van der Waals surface area contributed by atoms with Crippen LogP contribution in [-0.2, 0) is 19.6 Å². The largest absolute Gasteiger partial charge is 0.454 e. The first kappa shape index (κ1) is 25.5. The predicted octanol–water partition coefficient (Wildman–Crippen LogP) is 4.84. The van der Waals surface area contributed by atoms with E-state index in [9.17, 15) is 14.0 Å². The zero-order chi connectivity index (χ0) is 26.5. The zero-order valence-electron chi connectivity index (χ0n) is 20.9. The van der Waals surface area contributed by atoms with E-state index in [1.54, 1.807) is 22.4 Å². The number of hydrogen-bond donors (Lipinski definition) is 1. The molecule has 3 heterocycles. The Kier molecular flexibility index (Phi) is 7.69. The van der Waals surface area contributed by atoms with E-state index >= 15 is 0 Å². The van der Waals surface area contributed by atoms with Crippen LogP contribution in [0.2, 0.25) is 0 Å². The summed E-state index contributed by atoms with van der Waals surface area (Å²) in [6.45, 7) is 3.82. The first-order chi connectivity index (χ1) is 18.5. The molecule has 2 amide bonds. The van der Waals surface area contributed by atoms with Crippen molar-refractivity contribution in [3.8, 4) is 11.5 Å². The van der Waals surface area contributed by atoms with E-state index in [1.807, 2.05) is 48.0 Å². The number of nitrogens with one attached hydrogen (secondary N) is 1. The lowest BCUT2D eigenvalue weighted by Gasteiger charge is -2.23. The molecule has 1 aliphatic heterocycles. The second-order valence-corrected chi connectivity index (χ2v) is 9.77. The van der Waals surface area contributed by atoms with Crippen LogP contribution in [0.15, 0.2) is 66.2 Å². The smallest absolute Gasteiger partial charge is 0.271 e. The number of rotatable bonds is 10. The first-order valence-corrected chi connectivity index (χ1v) is 13.2. The van der Waals surface area contributed by atoms with Crippen molar-refractivity contribution in [2.45, 2.75) is 33.0 Å². The van der Waals surface area contributed by atoms with Crippen LogP contribution in [0, 0.1) is 5.82 Å². The minimum absolute atomic E-state index is 0.0652. The number of aromatic nitrogens is 2. The number of carbonyl (C=O) groups is 2. The summed E-state index contributed by atoms with van der Waals surface area (Å²) in [6, 6.07) is 15.4. The monoisotopic (exact) mass is 534 g/mol. The molecule has 0 radical (unpaired) electrons. The molecule has 1 aliphatic rings. The zero-order valence-corrected chi connectivity index (χ0v) is 21.7. The van der Waals surface area contributed by atoms with Gasteiger partial charge in [0.05, 0.1) is 18.7 Å². The van der Waals surface area contributed by atoms with Gasteiger partial charge >= 0.3 is 0 Å². The Morgan fingerprint density at radius 3 is 2.82 bits per heavy atom. The standard InChI is InChI=1S/C28H27FN4O4S/c1-2-11-33(28(35)21-7-3-4-8-22(21)29)15-20-6-5-12-32(20)16-26-31-23(17-38-26)27(34)30-14-19-9-10-24-25(13-19)37-18-36-24/h3-10,12-13,17H,2,11,14-16,18H2,1H3,(H,30,34). The Labute approximate surface area is 223 Å². The molecule has 0 spiro atoms. The van der Waals surface area contributed by atoms with Crippen molar-refractivity contribution < 1.29 is 23.5 Å². The highest BCUT2D eigenvalue weighted by Crippen LogP contribution is 2.32. The minimum atomic E-state index is -0.527. The Morgan fingerprint density at radius 2 is 1.97 bits per heavy atom. The van der Waals surface area contributed by atoms with E-state index in [2.05, 4.69) is 10.3 Å². The van der Waals surface area contributed by atoms with E-state index in [1.165, 1.54) is 23.5 Å². The molecular formula is C28H27FN4O4S. The Balaban J connectivity index is 1.22. The van der Waals surface area contributed by atoms with Gasteiger partial charge in [0.1, 0.15) is 16.5 Å². The molecule has 0 atom stereocenters. The van der Waals surface area contributed by atoms with Crippen LogP contribution in [0.3, 0.4) is 0 Å². The summed E-state index contributed by atoms with van der Waals surface area (Å²) in [5, 5.41) is 5.39. The number of thiazole rings is 1. The van der Waals surface area contributed by atoms with Gasteiger partial charge in [0.15, 0.2) is 11.5 Å². The number of benzene rings is 2. The van der Waals surface area contributed by atoms with Gasteiger partial charge in [-0.15, -0.1) is 11.3 Å². The van der Waals surface area contributed by atoms with Crippen molar-refractivity contribution in [1.82, 2.24) is 19.8 Å². The van der Waals surface area contributed by atoms with Crippen molar-refractivity contribution in [1.29, 1.82) is 0 Å². The summed E-state index contributed by atoms with van der Waals surface area (Å²) in [5.41, 5.74) is 2.21. The summed E-state index contributed by atoms with van der Waals surface area (Å²) in [6.07, 6.45) is 2.66. The van der Waals surface area contributed by atoms with Crippen molar-refractivity contribution in [3.63, 3.8) is 0 Å². The van der Waals surface area contributed by atoms with Crippen LogP contribution in [-0.4, -0.2) is 39.6 Å². The highest BCUT2D eigenvalue weighted by atomic mass is 32.1. The molecule has 10 heteroatoms. The summed E-state index contributed by atoms with van der Waals surface area (Å²) < 4.78 is 26.9. The fourth-order valence-electron chi connectivity index (χ4n) is 4.23. The van der Waals surface area contributed by atoms with Gasteiger partial charge in [-0.1, -0.05) is 25.1 Å². The van der Waals surface area contributed by atoms with Gasteiger partial charge < -0.3 is 24.3 Å². The third-order valence-electron chi connectivity index (χ3n) is 6.14. The van der Waals surface area contributed by atoms with Crippen molar-refractivity contribution in [2.24, 2.45) is 0 Å². The molecule has 196 valence electrons. The first-order valence-electron chi connectivity index (χ1n) is 12.3. The molecule has 0 bridgehead atoms. The number of fused-ring (bicyclic) bond motifs is 1. The molecule has 2 aromatic heterocycles. The molecule has 4 aromatic rings. The van der Waals surface area contributed by atoms with Gasteiger partial charge in [0.2, 0.25) is 6.79 Å². The fraction of sp³-hybridized carbons (Fsp3) is 0.250. The molecular weight excluding hydrogens is 507 g/mol. The highest BCUT2D eigenvalue weighted by Gasteiger charge is 2.20. The summed E-state index contributed by atoms with van der Waals surface area (Å²) in [4.78, 5) is 31.9. The van der Waals surface area contributed by atoms with Crippen molar-refractivity contribution in [2.75, 3.05) is 13.3 Å². The van der Waals surface area contributed by atoms with Gasteiger partial charge in [-0.2, -0.15) is 0 Å². The molecule has 38 heavy (non-hydrogen) atoms. The van der Waals surface area contributed by atoms with Crippen molar-refractivity contribution in [3.05, 3.63) is 99.5 Å². The topological polar surface area (TPSA) is 85.7 Å². The quantitative estimate of drug-likeness (QED) is 0.315. The summed E-state index contributed by atoms with van der Waals surface area (Å²) in [7, 11) is 0. The number of nitrogens with zero attached hydrogens (tertiary/aromatic N) is 3. The van der Waals surface area contributed by atoms with E-state index < -0.39 is 5.82 Å². The Bertz CT molecular complexity index is 1450. The van der Waals surface area contributed by atoms with Crippen LogP contribution in [0.25, 0.3) is 0 Å². The molecule has 0 unspecified atom stereocenters. The van der Waals surface area contributed by atoms with Crippen LogP contribution < -0.4 is 14.8 Å². The van der Waals surface area contributed by atoms with Crippen LogP contribution in [0.4, 0.5) is 4.39 Å². The minimum Gasteiger partial charge on any atom is -0.454 e. The van der Waals surface area contributed by atoms with E-state index in [4.69, 9.17) is 9.47 Å². The molecule has 1 N–H and O–H groups in total. The van der Waals surface area contributed by atoms with Gasteiger partial charge in [-0.05, 0) is 48.4 Å². The highest BCUT2D eigenvalue weighted by molar-refractivity contribution is 7.09. The molecule has 0 aliphatic carbocycles. The predicted molar refractivity (Wildman–Crippen MR) is 141 cm³/mol. The summed E-state index contributed by atoms with van der Waals surface area (Å²) in [5.74, 6) is 0.239. The molecule has 5 rings (SSSR count). The summed E-state index contributed by atoms with van der Waals surface area (Å²) >= 11 is 1.40. The van der Waals surface area contributed by atoms with Crippen LogP contribution >= 0.6 is 11.3 Å². The maximum absolute atomic E-state index is 14.3. The number of amides is 2. The second-order valence-electron chi connectivity index (χ2n) is 8.83. The normalized spacial score (nSPS) is 11.9. The van der Waals surface area contributed by atoms with Crippen LogP contribution in [0.5, 0.6) is 11.5 Å². The molecule has 0 saturated heterocycles. The number of hydrogen-bond acceptors (Lipinski definition) is 6. The van der Waals surface area contributed by atoms with E-state index in [0.717, 1.165) is 22.7 Å². The number of halogens is 1. The molecule has 0 saturated carbocycles. The van der Waals surface area contributed by atoms with Gasteiger partial charge in [0, 0.05) is 30.4 Å². The molecule has 8 nitrogen and oxygen atoms in total. The van der Waals surface area contributed by atoms with Gasteiger partial charge in [-0.25, -0.2) is 9.37 Å². The average Bonchev–Trinajstić information content (AvgIpc) is 3.68. The molecule has 0 fully saturated rings. The van der Waals surface area contributed by atoms with Gasteiger partial charge in [-0.3, -0.25) is 9.59 Å². The Morgan fingerprint density at radius 1 is 1.13 bits per heavy atom. The van der Waals surface area contributed by atoms with Crippen molar-refractivity contribution >= 4 is 23.2 Å². The van der Waals surface area contributed by atoms with Gasteiger partial charge in [0.25, 0.3) is 11.8 Å². The van der Waals surface area contributed by atoms with E-state index in [-0.39, 0.29) is 24.2 Å². The third kappa shape index (κ3) is 5.70. The lowest BCUT2D eigenvalue weighted by molar-refractivity contribution is 0.0734. The number of ether oxygens (including phenoxy) is 2. The number of carbonyl (C=O) groups excluding carboxylic acids is 2. The second kappa shape index (κ2) is 11.5. The SMILES string of the molecule is CCCN(Cc1cccn1Cc1nc(C(=O)NCc2ccc3c(c2)OCO3)cs1)C(=O)c1ccccc1F. The van der Waals surface area contributed by atoms with E-state index in [0.29, 0.717) is 43.4 Å². The average molecular weight is 535 g/mol. The maximum Gasteiger partial charge on any atom is 0.271 e.